The Kier molecular flexibility index (Phi) is 2.46. The van der Waals surface area contributed by atoms with E-state index in [2.05, 4.69) is 5.32 Å². The molecule has 0 saturated heterocycles. The van der Waals surface area contributed by atoms with Gasteiger partial charge in [0.2, 0.25) is 0 Å². The summed E-state index contributed by atoms with van der Waals surface area (Å²) in [6.45, 7) is 1.08. The fourth-order valence-electron chi connectivity index (χ4n) is 1.31. The Balaban J connectivity index is 2.40. The third kappa shape index (κ3) is 1.52. The minimum absolute atomic E-state index is 0.495. The van der Waals surface area contributed by atoms with Crippen LogP contribution in [0.2, 0.25) is 0 Å². The van der Waals surface area contributed by atoms with Gasteiger partial charge in [-0.3, -0.25) is 4.79 Å². The van der Waals surface area contributed by atoms with Crippen molar-refractivity contribution in [1.82, 2.24) is 5.32 Å². The van der Waals surface area contributed by atoms with Crippen LogP contribution >= 0.6 is 0 Å². The highest BCUT2D eigenvalue weighted by molar-refractivity contribution is 5.79. The molecule has 0 spiro atoms. The smallest absolute Gasteiger partial charge is 0.323 e. The van der Waals surface area contributed by atoms with Crippen LogP contribution in [0.15, 0.2) is 0 Å². The van der Waals surface area contributed by atoms with E-state index < -0.39 is 11.5 Å². The maximum Gasteiger partial charge on any atom is 0.323 e. The SMILES string of the molecule is NCCNC1(C(=O)O)CCC1. The van der Waals surface area contributed by atoms with Crippen LogP contribution in [-0.2, 0) is 4.79 Å². The first kappa shape index (κ1) is 8.49. The maximum absolute atomic E-state index is 10.7. The Morgan fingerprint density at radius 1 is 1.64 bits per heavy atom. The zero-order chi connectivity index (χ0) is 8.32. The molecule has 0 aromatic rings. The number of hydrogen-bond donors (Lipinski definition) is 3. The molecule has 0 aromatic heterocycles. The second kappa shape index (κ2) is 3.19. The minimum Gasteiger partial charge on any atom is -0.480 e. The summed E-state index contributed by atoms with van der Waals surface area (Å²) >= 11 is 0. The molecule has 1 aliphatic rings. The molecule has 0 aromatic carbocycles. The molecular weight excluding hydrogens is 144 g/mol. The van der Waals surface area contributed by atoms with Gasteiger partial charge in [-0.2, -0.15) is 0 Å². The van der Waals surface area contributed by atoms with Gasteiger partial charge < -0.3 is 16.2 Å². The quantitative estimate of drug-likeness (QED) is 0.517. The van der Waals surface area contributed by atoms with Crippen molar-refractivity contribution in [2.45, 2.75) is 24.8 Å². The van der Waals surface area contributed by atoms with Crippen molar-refractivity contribution in [2.24, 2.45) is 5.73 Å². The average Bonchev–Trinajstić information content (AvgIpc) is 1.85. The summed E-state index contributed by atoms with van der Waals surface area (Å²) in [6.07, 6.45) is 2.48. The van der Waals surface area contributed by atoms with Crippen LogP contribution in [0.4, 0.5) is 0 Å². The van der Waals surface area contributed by atoms with Gasteiger partial charge >= 0.3 is 5.97 Å². The highest BCUT2D eigenvalue weighted by Gasteiger charge is 2.43. The van der Waals surface area contributed by atoms with Crippen LogP contribution in [-0.4, -0.2) is 29.7 Å². The first-order chi connectivity index (χ1) is 5.21. The van der Waals surface area contributed by atoms with Gasteiger partial charge in [0.05, 0.1) is 0 Å². The van der Waals surface area contributed by atoms with E-state index in [4.69, 9.17) is 10.8 Å². The summed E-state index contributed by atoms with van der Waals surface area (Å²) in [5.74, 6) is -0.739. The minimum atomic E-state index is -0.739. The van der Waals surface area contributed by atoms with Crippen LogP contribution in [0.5, 0.6) is 0 Å². The molecule has 0 aliphatic heterocycles. The van der Waals surface area contributed by atoms with E-state index in [0.29, 0.717) is 13.1 Å². The van der Waals surface area contributed by atoms with Crippen LogP contribution < -0.4 is 11.1 Å². The Hall–Kier alpha value is -0.610. The van der Waals surface area contributed by atoms with Gasteiger partial charge in [0.25, 0.3) is 0 Å². The summed E-state index contributed by atoms with van der Waals surface area (Å²) < 4.78 is 0. The molecule has 0 amide bonds. The van der Waals surface area contributed by atoms with E-state index in [1.165, 1.54) is 0 Å². The van der Waals surface area contributed by atoms with Gasteiger partial charge in [-0.05, 0) is 19.3 Å². The molecule has 1 rings (SSSR count). The lowest BCUT2D eigenvalue weighted by Gasteiger charge is -2.38. The largest absolute Gasteiger partial charge is 0.480 e. The molecule has 0 unspecified atom stereocenters. The van der Waals surface area contributed by atoms with Crippen LogP contribution in [0.1, 0.15) is 19.3 Å². The summed E-state index contributed by atoms with van der Waals surface area (Å²) in [5.41, 5.74) is 4.62. The van der Waals surface area contributed by atoms with Crippen molar-refractivity contribution in [1.29, 1.82) is 0 Å². The Bertz CT molecular complexity index is 155. The van der Waals surface area contributed by atoms with Gasteiger partial charge in [0.15, 0.2) is 0 Å². The lowest BCUT2D eigenvalue weighted by atomic mass is 9.77. The predicted molar refractivity (Wildman–Crippen MR) is 41.3 cm³/mol. The summed E-state index contributed by atoms with van der Waals surface area (Å²) in [7, 11) is 0. The van der Waals surface area contributed by atoms with Crippen molar-refractivity contribution in [3.8, 4) is 0 Å². The molecule has 4 N–H and O–H groups in total. The summed E-state index contributed by atoms with van der Waals surface area (Å²) in [5, 5.41) is 11.8. The third-order valence-corrected chi connectivity index (χ3v) is 2.22. The Labute approximate surface area is 65.8 Å². The van der Waals surface area contributed by atoms with Gasteiger partial charge in [-0.1, -0.05) is 0 Å². The third-order valence-electron chi connectivity index (χ3n) is 2.22. The van der Waals surface area contributed by atoms with Crippen LogP contribution in [0.3, 0.4) is 0 Å². The van der Waals surface area contributed by atoms with E-state index >= 15 is 0 Å². The topological polar surface area (TPSA) is 75.3 Å². The fourth-order valence-corrected chi connectivity index (χ4v) is 1.31. The molecular formula is C7H14N2O2. The van der Waals surface area contributed by atoms with Gasteiger partial charge in [-0.25, -0.2) is 0 Å². The molecule has 0 radical (unpaired) electrons. The standard InChI is InChI=1S/C7H14N2O2/c8-4-5-9-7(6(10)11)2-1-3-7/h9H,1-5,8H2,(H,10,11). The molecule has 0 atom stereocenters. The first-order valence-electron chi connectivity index (χ1n) is 3.90. The number of nitrogens with two attached hydrogens (primary N) is 1. The number of nitrogens with one attached hydrogen (secondary N) is 1. The second-order valence-electron chi connectivity index (χ2n) is 2.96. The van der Waals surface area contributed by atoms with E-state index in [-0.39, 0.29) is 0 Å². The van der Waals surface area contributed by atoms with Crippen molar-refractivity contribution in [3.63, 3.8) is 0 Å². The lowest BCUT2D eigenvalue weighted by Crippen LogP contribution is -2.58. The van der Waals surface area contributed by atoms with Crippen molar-refractivity contribution in [2.75, 3.05) is 13.1 Å². The average molecular weight is 158 g/mol. The highest BCUT2D eigenvalue weighted by atomic mass is 16.4. The van der Waals surface area contributed by atoms with E-state index in [1.54, 1.807) is 0 Å². The van der Waals surface area contributed by atoms with Gasteiger partial charge in [0.1, 0.15) is 5.54 Å². The number of carbonyl (C=O) groups is 1. The predicted octanol–water partition coefficient (Wildman–Crippen LogP) is -0.458. The number of aliphatic carboxylic acids is 1. The number of carboxylic acid groups (broad SMARTS) is 1. The van der Waals surface area contributed by atoms with Crippen molar-refractivity contribution >= 4 is 5.97 Å². The normalized spacial score (nSPS) is 20.8. The van der Waals surface area contributed by atoms with Crippen LogP contribution in [0, 0.1) is 0 Å². The fraction of sp³-hybridized carbons (Fsp3) is 0.857. The number of rotatable bonds is 4. The van der Waals surface area contributed by atoms with Gasteiger partial charge in [-0.15, -0.1) is 0 Å². The zero-order valence-electron chi connectivity index (χ0n) is 6.47. The summed E-state index contributed by atoms with van der Waals surface area (Å²) in [4.78, 5) is 10.7. The van der Waals surface area contributed by atoms with E-state index in [9.17, 15) is 4.79 Å². The Morgan fingerprint density at radius 3 is 2.55 bits per heavy atom. The number of hydrogen-bond acceptors (Lipinski definition) is 3. The second-order valence-corrected chi connectivity index (χ2v) is 2.96. The highest BCUT2D eigenvalue weighted by Crippen LogP contribution is 2.31. The molecule has 4 nitrogen and oxygen atoms in total. The molecule has 64 valence electrons. The Morgan fingerprint density at radius 2 is 2.27 bits per heavy atom. The molecule has 0 bridgehead atoms. The maximum atomic E-state index is 10.7. The van der Waals surface area contributed by atoms with Gasteiger partial charge in [0, 0.05) is 13.1 Å². The van der Waals surface area contributed by atoms with Crippen molar-refractivity contribution in [3.05, 3.63) is 0 Å². The zero-order valence-corrected chi connectivity index (χ0v) is 6.47. The van der Waals surface area contributed by atoms with Crippen LogP contribution in [0.25, 0.3) is 0 Å². The molecule has 1 saturated carbocycles. The monoisotopic (exact) mass is 158 g/mol. The summed E-state index contributed by atoms with van der Waals surface area (Å²) in [6, 6.07) is 0. The molecule has 0 heterocycles. The molecule has 4 heteroatoms. The van der Waals surface area contributed by atoms with E-state index in [0.717, 1.165) is 19.3 Å². The first-order valence-corrected chi connectivity index (χ1v) is 3.90. The number of carboxylic acids is 1. The molecule has 11 heavy (non-hydrogen) atoms. The molecule has 1 fully saturated rings. The molecule has 1 aliphatic carbocycles. The van der Waals surface area contributed by atoms with Crippen molar-refractivity contribution < 1.29 is 9.90 Å². The lowest BCUT2D eigenvalue weighted by molar-refractivity contribution is -0.148. The van der Waals surface area contributed by atoms with E-state index in [1.807, 2.05) is 0 Å².